The van der Waals surface area contributed by atoms with Gasteiger partial charge in [-0.2, -0.15) is 18.3 Å². The third-order valence-corrected chi connectivity index (χ3v) is 4.87. The summed E-state index contributed by atoms with van der Waals surface area (Å²) in [6.07, 6.45) is -0.132. The van der Waals surface area contributed by atoms with E-state index in [0.717, 1.165) is 30.0 Å². The van der Waals surface area contributed by atoms with Gasteiger partial charge in [-0.25, -0.2) is 9.67 Å². The molecule has 9 heteroatoms. The monoisotopic (exact) mass is 358 g/mol. The van der Waals surface area contributed by atoms with Gasteiger partial charge in [-0.05, 0) is 32.3 Å². The molecule has 24 heavy (non-hydrogen) atoms. The summed E-state index contributed by atoms with van der Waals surface area (Å²) in [5.74, 6) is -0.246. The fourth-order valence-corrected chi connectivity index (χ4v) is 3.57. The maximum atomic E-state index is 13.0. The quantitative estimate of drug-likeness (QED) is 0.846. The number of hydrogen-bond acceptors (Lipinski definition) is 4. The van der Waals surface area contributed by atoms with E-state index in [4.69, 9.17) is 0 Å². The average molecular weight is 358 g/mol. The predicted octanol–water partition coefficient (Wildman–Crippen LogP) is 3.27. The van der Waals surface area contributed by atoms with Crippen molar-refractivity contribution in [2.75, 3.05) is 13.1 Å². The number of rotatable bonds is 3. The van der Waals surface area contributed by atoms with Crippen LogP contribution in [0.25, 0.3) is 0 Å². The Morgan fingerprint density at radius 3 is 2.54 bits per heavy atom. The fraction of sp³-hybridized carbons (Fsp3) is 0.533. The van der Waals surface area contributed by atoms with Crippen LogP contribution >= 0.6 is 11.3 Å². The summed E-state index contributed by atoms with van der Waals surface area (Å²) in [7, 11) is 0. The first-order chi connectivity index (χ1) is 11.4. The highest BCUT2D eigenvalue weighted by Crippen LogP contribution is 2.32. The molecule has 0 bridgehead atoms. The van der Waals surface area contributed by atoms with Crippen LogP contribution in [0.1, 0.15) is 41.7 Å². The Morgan fingerprint density at radius 2 is 2.00 bits per heavy atom. The summed E-state index contributed by atoms with van der Waals surface area (Å²) in [5, 5.41) is 5.82. The summed E-state index contributed by atoms with van der Waals surface area (Å²) in [6, 6.07) is 0.0172. The number of likely N-dealkylation sites (tertiary alicyclic amines) is 1. The van der Waals surface area contributed by atoms with E-state index >= 15 is 0 Å². The van der Waals surface area contributed by atoms with E-state index in [1.54, 1.807) is 16.5 Å². The van der Waals surface area contributed by atoms with E-state index < -0.39 is 17.9 Å². The van der Waals surface area contributed by atoms with Crippen LogP contribution in [0.3, 0.4) is 0 Å². The summed E-state index contributed by atoms with van der Waals surface area (Å²) >= 11 is 1.24. The van der Waals surface area contributed by atoms with Crippen molar-refractivity contribution in [1.82, 2.24) is 19.7 Å². The van der Waals surface area contributed by atoms with Crippen LogP contribution in [0, 0.1) is 6.92 Å². The second kappa shape index (κ2) is 6.54. The van der Waals surface area contributed by atoms with Gasteiger partial charge in [0, 0.05) is 30.4 Å². The zero-order valence-electron chi connectivity index (χ0n) is 13.1. The highest BCUT2D eigenvalue weighted by atomic mass is 32.1. The van der Waals surface area contributed by atoms with Crippen LogP contribution in [-0.4, -0.2) is 38.7 Å². The zero-order valence-corrected chi connectivity index (χ0v) is 13.9. The Balaban J connectivity index is 2.00. The van der Waals surface area contributed by atoms with Gasteiger partial charge >= 0.3 is 6.18 Å². The number of hydrogen-bond donors (Lipinski definition) is 0. The lowest BCUT2D eigenvalue weighted by atomic mass is 10.1. The van der Waals surface area contributed by atoms with Gasteiger partial charge in [0.15, 0.2) is 11.7 Å². The van der Waals surface area contributed by atoms with Crippen molar-refractivity contribution in [3.8, 4) is 0 Å². The van der Waals surface area contributed by atoms with Gasteiger partial charge in [-0.15, -0.1) is 11.3 Å². The topological polar surface area (TPSA) is 51.0 Å². The minimum Gasteiger partial charge on any atom is -0.340 e. The number of alkyl halides is 3. The second-order valence-corrected chi connectivity index (χ2v) is 6.70. The Hall–Kier alpha value is -1.90. The minimum atomic E-state index is -4.54. The molecule has 1 aliphatic rings. The van der Waals surface area contributed by atoms with E-state index in [-0.39, 0.29) is 11.6 Å². The number of halogens is 3. The number of aromatic nitrogens is 3. The maximum absolute atomic E-state index is 13.0. The van der Waals surface area contributed by atoms with Crippen molar-refractivity contribution in [3.05, 3.63) is 34.0 Å². The van der Waals surface area contributed by atoms with Gasteiger partial charge in [0.05, 0.1) is 0 Å². The number of piperidine rings is 1. The molecule has 0 spiro atoms. The molecule has 1 saturated heterocycles. The molecule has 1 fully saturated rings. The summed E-state index contributed by atoms with van der Waals surface area (Å²) < 4.78 is 40.0. The van der Waals surface area contributed by atoms with Gasteiger partial charge in [0.1, 0.15) is 5.01 Å². The molecule has 3 heterocycles. The molecule has 5 nitrogen and oxygen atoms in total. The van der Waals surface area contributed by atoms with Crippen molar-refractivity contribution in [1.29, 1.82) is 0 Å². The van der Waals surface area contributed by atoms with E-state index in [2.05, 4.69) is 10.1 Å². The normalized spacial score (nSPS) is 17.1. The lowest BCUT2D eigenvalue weighted by Gasteiger charge is -2.30. The number of carbonyl (C=O) groups is 1. The molecule has 0 saturated carbocycles. The smallest absolute Gasteiger partial charge is 0.340 e. The Labute approximate surface area is 141 Å². The van der Waals surface area contributed by atoms with Crippen LogP contribution < -0.4 is 0 Å². The summed E-state index contributed by atoms with van der Waals surface area (Å²) in [6.45, 7) is 2.76. The Bertz CT molecular complexity index is 705. The van der Waals surface area contributed by atoms with E-state index in [1.165, 1.54) is 18.3 Å². The molecule has 1 amide bonds. The number of thiazole rings is 1. The molecular weight excluding hydrogens is 341 g/mol. The Morgan fingerprint density at radius 1 is 1.29 bits per heavy atom. The molecule has 2 aromatic rings. The average Bonchev–Trinajstić information content (AvgIpc) is 3.19. The highest BCUT2D eigenvalue weighted by molar-refractivity contribution is 7.09. The first-order valence-corrected chi connectivity index (χ1v) is 8.57. The minimum absolute atomic E-state index is 0.246. The van der Waals surface area contributed by atoms with Gasteiger partial charge in [0.2, 0.25) is 0 Å². The van der Waals surface area contributed by atoms with E-state index in [1.807, 2.05) is 0 Å². The number of aryl methyl sites for hydroxylation is 1. The van der Waals surface area contributed by atoms with Crippen molar-refractivity contribution in [2.45, 2.75) is 38.4 Å². The van der Waals surface area contributed by atoms with Crippen LogP contribution in [0.4, 0.5) is 13.2 Å². The molecular formula is C15H17F3N4OS. The van der Waals surface area contributed by atoms with E-state index in [0.29, 0.717) is 18.1 Å². The molecule has 0 radical (unpaired) electrons. The first-order valence-electron chi connectivity index (χ1n) is 7.69. The molecule has 0 aliphatic carbocycles. The lowest BCUT2D eigenvalue weighted by molar-refractivity contribution is -0.142. The Kier molecular flexibility index (Phi) is 4.62. The molecule has 0 aromatic carbocycles. The standard InChI is InChI=1S/C15H17F3N4OS/c1-10-9-11(15(16,17)18)20-22(10)12(13-19-5-8-24-13)14(23)21-6-3-2-4-7-21/h5,8-9,12H,2-4,6-7H2,1H3. The largest absolute Gasteiger partial charge is 0.435 e. The van der Waals surface area contributed by atoms with E-state index in [9.17, 15) is 18.0 Å². The van der Waals surface area contributed by atoms with Crippen molar-refractivity contribution in [3.63, 3.8) is 0 Å². The molecule has 2 aromatic heterocycles. The lowest BCUT2D eigenvalue weighted by Crippen LogP contribution is -2.41. The van der Waals surface area contributed by atoms with Crippen molar-refractivity contribution in [2.24, 2.45) is 0 Å². The van der Waals surface area contributed by atoms with Crippen molar-refractivity contribution >= 4 is 17.2 Å². The first kappa shape index (κ1) is 16.9. The maximum Gasteiger partial charge on any atom is 0.435 e. The third-order valence-electron chi connectivity index (χ3n) is 4.04. The van der Waals surface area contributed by atoms with Crippen LogP contribution in [0.2, 0.25) is 0 Å². The van der Waals surface area contributed by atoms with Crippen LogP contribution in [0.5, 0.6) is 0 Å². The SMILES string of the molecule is Cc1cc(C(F)(F)F)nn1C(C(=O)N1CCCCC1)c1nccs1. The number of carbonyl (C=O) groups excluding carboxylic acids is 1. The highest BCUT2D eigenvalue weighted by Gasteiger charge is 2.38. The second-order valence-electron chi connectivity index (χ2n) is 5.77. The van der Waals surface area contributed by atoms with Gasteiger partial charge in [-0.1, -0.05) is 0 Å². The number of nitrogens with zero attached hydrogens (tertiary/aromatic N) is 4. The molecule has 3 rings (SSSR count). The van der Waals surface area contributed by atoms with Gasteiger partial charge < -0.3 is 4.90 Å². The van der Waals surface area contributed by atoms with Gasteiger partial charge in [0.25, 0.3) is 5.91 Å². The van der Waals surface area contributed by atoms with Crippen LogP contribution in [0.15, 0.2) is 17.6 Å². The molecule has 0 N–H and O–H groups in total. The molecule has 1 aliphatic heterocycles. The van der Waals surface area contributed by atoms with Gasteiger partial charge in [-0.3, -0.25) is 4.79 Å². The zero-order chi connectivity index (χ0) is 17.3. The predicted molar refractivity (Wildman–Crippen MR) is 82.7 cm³/mol. The van der Waals surface area contributed by atoms with Crippen LogP contribution in [-0.2, 0) is 11.0 Å². The molecule has 1 unspecified atom stereocenters. The fourth-order valence-electron chi connectivity index (χ4n) is 2.86. The summed E-state index contributed by atoms with van der Waals surface area (Å²) in [5.41, 5.74) is -0.708. The molecule has 130 valence electrons. The number of amides is 1. The van der Waals surface area contributed by atoms with Crippen molar-refractivity contribution < 1.29 is 18.0 Å². The molecule has 1 atom stereocenters. The third kappa shape index (κ3) is 3.31. The summed E-state index contributed by atoms with van der Waals surface area (Å²) in [4.78, 5) is 18.8.